The maximum Gasteiger partial charge on any atom is 0.0952 e. The fraction of sp³-hybridized carbons (Fsp3) is 0.625. The molecule has 1 unspecified atom stereocenters. The highest BCUT2D eigenvalue weighted by Crippen LogP contribution is 2.47. The topological polar surface area (TPSA) is 41.5 Å². The lowest BCUT2D eigenvalue weighted by atomic mass is 9.97. The number of hydrogen-bond acceptors (Lipinski definition) is 3. The van der Waals surface area contributed by atoms with E-state index in [-0.39, 0.29) is 6.10 Å². The summed E-state index contributed by atoms with van der Waals surface area (Å²) in [5.74, 6) is 0. The van der Waals surface area contributed by atoms with Gasteiger partial charge in [0.15, 0.2) is 0 Å². The van der Waals surface area contributed by atoms with E-state index in [0.717, 1.165) is 32.5 Å². The summed E-state index contributed by atoms with van der Waals surface area (Å²) >= 11 is 0. The minimum Gasteiger partial charge on any atom is -0.396 e. The average Bonchev–Trinajstić information content (AvgIpc) is 3.19. The van der Waals surface area contributed by atoms with Crippen molar-refractivity contribution in [2.24, 2.45) is 5.41 Å². The van der Waals surface area contributed by atoms with Crippen LogP contribution in [-0.4, -0.2) is 31.4 Å². The summed E-state index contributed by atoms with van der Waals surface area (Å²) < 4.78 is 5.89. The van der Waals surface area contributed by atoms with Gasteiger partial charge in [-0.3, -0.25) is 0 Å². The first-order chi connectivity index (χ1) is 9.33. The van der Waals surface area contributed by atoms with Gasteiger partial charge in [0, 0.05) is 19.7 Å². The Kier molecular flexibility index (Phi) is 3.87. The van der Waals surface area contributed by atoms with Crippen molar-refractivity contribution in [3.63, 3.8) is 0 Å². The van der Waals surface area contributed by atoms with Crippen molar-refractivity contribution in [2.45, 2.75) is 31.8 Å². The van der Waals surface area contributed by atoms with Gasteiger partial charge >= 0.3 is 0 Å². The molecule has 1 heterocycles. The quantitative estimate of drug-likeness (QED) is 0.823. The first-order valence-electron chi connectivity index (χ1n) is 7.34. The van der Waals surface area contributed by atoms with E-state index in [1.165, 1.54) is 24.0 Å². The van der Waals surface area contributed by atoms with Crippen LogP contribution in [-0.2, 0) is 11.2 Å². The zero-order chi connectivity index (χ0) is 13.1. The maximum absolute atomic E-state index is 9.07. The van der Waals surface area contributed by atoms with Gasteiger partial charge in [-0.25, -0.2) is 0 Å². The number of benzene rings is 1. The largest absolute Gasteiger partial charge is 0.396 e. The molecule has 0 aromatic heterocycles. The van der Waals surface area contributed by atoms with Gasteiger partial charge < -0.3 is 15.2 Å². The maximum atomic E-state index is 9.07. The monoisotopic (exact) mass is 261 g/mol. The van der Waals surface area contributed by atoms with Crippen LogP contribution in [0.15, 0.2) is 24.3 Å². The van der Waals surface area contributed by atoms with E-state index in [1.54, 1.807) is 0 Å². The summed E-state index contributed by atoms with van der Waals surface area (Å²) in [6, 6.07) is 8.59. The summed E-state index contributed by atoms with van der Waals surface area (Å²) in [4.78, 5) is 0. The van der Waals surface area contributed by atoms with Gasteiger partial charge in [0.1, 0.15) is 0 Å². The molecule has 1 atom stereocenters. The van der Waals surface area contributed by atoms with Gasteiger partial charge in [-0.05, 0) is 42.2 Å². The molecule has 1 fully saturated rings. The zero-order valence-electron chi connectivity index (χ0n) is 11.4. The van der Waals surface area contributed by atoms with E-state index in [2.05, 4.69) is 29.6 Å². The van der Waals surface area contributed by atoms with E-state index in [1.807, 2.05) is 0 Å². The van der Waals surface area contributed by atoms with E-state index in [4.69, 9.17) is 9.84 Å². The SMILES string of the molecule is OCCC1(CNCC2OCCc3ccccc32)CC1. The molecule has 0 spiro atoms. The minimum absolute atomic E-state index is 0.190. The normalized spacial score (nSPS) is 23.9. The molecule has 1 aromatic carbocycles. The summed E-state index contributed by atoms with van der Waals surface area (Å²) in [6.45, 7) is 3.02. The second-order valence-corrected chi connectivity index (χ2v) is 5.91. The molecule has 1 aromatic rings. The fourth-order valence-corrected chi connectivity index (χ4v) is 3.04. The Balaban J connectivity index is 1.54. The fourth-order valence-electron chi connectivity index (χ4n) is 3.04. The Labute approximate surface area is 115 Å². The Morgan fingerprint density at radius 3 is 2.95 bits per heavy atom. The second-order valence-electron chi connectivity index (χ2n) is 5.91. The van der Waals surface area contributed by atoms with E-state index >= 15 is 0 Å². The van der Waals surface area contributed by atoms with Crippen molar-refractivity contribution in [2.75, 3.05) is 26.3 Å². The molecule has 0 amide bonds. The standard InChI is InChI=1S/C16H23NO2/c18-9-8-16(6-7-16)12-17-11-15-14-4-2-1-3-13(14)5-10-19-15/h1-4,15,17-18H,5-12H2. The highest BCUT2D eigenvalue weighted by molar-refractivity contribution is 5.31. The van der Waals surface area contributed by atoms with Crippen LogP contribution < -0.4 is 5.32 Å². The molecule has 1 aliphatic heterocycles. The number of nitrogens with one attached hydrogen (secondary N) is 1. The number of rotatable bonds is 6. The molecule has 3 nitrogen and oxygen atoms in total. The third-order valence-corrected chi connectivity index (χ3v) is 4.52. The smallest absolute Gasteiger partial charge is 0.0952 e. The van der Waals surface area contributed by atoms with Crippen LogP contribution in [0.4, 0.5) is 0 Å². The van der Waals surface area contributed by atoms with Crippen LogP contribution in [0.3, 0.4) is 0 Å². The summed E-state index contributed by atoms with van der Waals surface area (Å²) in [7, 11) is 0. The third kappa shape index (κ3) is 2.99. The highest BCUT2D eigenvalue weighted by atomic mass is 16.5. The van der Waals surface area contributed by atoms with E-state index in [0.29, 0.717) is 12.0 Å². The van der Waals surface area contributed by atoms with Crippen LogP contribution in [0.1, 0.15) is 36.5 Å². The number of aliphatic hydroxyl groups excluding tert-OH is 1. The molecule has 104 valence electrons. The first-order valence-corrected chi connectivity index (χ1v) is 7.34. The zero-order valence-corrected chi connectivity index (χ0v) is 11.4. The molecule has 3 heteroatoms. The van der Waals surface area contributed by atoms with Crippen molar-refractivity contribution in [1.29, 1.82) is 0 Å². The molecule has 2 N–H and O–H groups in total. The Hall–Kier alpha value is -0.900. The number of hydrogen-bond donors (Lipinski definition) is 2. The minimum atomic E-state index is 0.190. The van der Waals surface area contributed by atoms with Crippen molar-refractivity contribution in [1.82, 2.24) is 5.32 Å². The van der Waals surface area contributed by atoms with Gasteiger partial charge in [-0.2, -0.15) is 0 Å². The molecule has 1 aliphatic carbocycles. The molecule has 0 radical (unpaired) electrons. The van der Waals surface area contributed by atoms with E-state index in [9.17, 15) is 0 Å². The lowest BCUT2D eigenvalue weighted by Gasteiger charge is -2.27. The first kappa shape index (κ1) is 13.1. The predicted molar refractivity (Wildman–Crippen MR) is 75.1 cm³/mol. The number of ether oxygens (including phenoxy) is 1. The molecule has 1 saturated carbocycles. The average molecular weight is 261 g/mol. The van der Waals surface area contributed by atoms with Gasteiger partial charge in [0.25, 0.3) is 0 Å². The van der Waals surface area contributed by atoms with Crippen LogP contribution in [0.25, 0.3) is 0 Å². The van der Waals surface area contributed by atoms with Crippen LogP contribution >= 0.6 is 0 Å². The van der Waals surface area contributed by atoms with Crippen LogP contribution in [0.5, 0.6) is 0 Å². The van der Waals surface area contributed by atoms with Gasteiger partial charge in [-0.1, -0.05) is 24.3 Å². The van der Waals surface area contributed by atoms with Crippen molar-refractivity contribution in [3.8, 4) is 0 Å². The highest BCUT2D eigenvalue weighted by Gasteiger charge is 2.41. The molecular formula is C16H23NO2. The Morgan fingerprint density at radius 1 is 1.32 bits per heavy atom. The van der Waals surface area contributed by atoms with Gasteiger partial charge in [0.05, 0.1) is 12.7 Å². The van der Waals surface area contributed by atoms with Crippen LogP contribution in [0.2, 0.25) is 0 Å². The van der Waals surface area contributed by atoms with Crippen LogP contribution in [0, 0.1) is 5.41 Å². The van der Waals surface area contributed by atoms with Gasteiger partial charge in [-0.15, -0.1) is 0 Å². The molecule has 19 heavy (non-hydrogen) atoms. The summed E-state index contributed by atoms with van der Waals surface area (Å²) in [6.07, 6.45) is 4.66. The van der Waals surface area contributed by atoms with Crippen molar-refractivity contribution in [3.05, 3.63) is 35.4 Å². The molecular weight excluding hydrogens is 238 g/mol. The van der Waals surface area contributed by atoms with Crippen molar-refractivity contribution < 1.29 is 9.84 Å². The van der Waals surface area contributed by atoms with Gasteiger partial charge in [0.2, 0.25) is 0 Å². The molecule has 0 bridgehead atoms. The number of aliphatic hydroxyl groups is 1. The molecule has 0 saturated heterocycles. The van der Waals surface area contributed by atoms with E-state index < -0.39 is 0 Å². The predicted octanol–water partition coefficient (Wildman–Crippen LogP) is 2.05. The Bertz CT molecular complexity index is 429. The number of fused-ring (bicyclic) bond motifs is 1. The third-order valence-electron chi connectivity index (χ3n) is 4.52. The lowest BCUT2D eigenvalue weighted by molar-refractivity contribution is 0.0415. The lowest BCUT2D eigenvalue weighted by Crippen LogP contribution is -2.31. The van der Waals surface area contributed by atoms with Crippen molar-refractivity contribution >= 4 is 0 Å². The molecule has 2 aliphatic rings. The Morgan fingerprint density at radius 2 is 2.16 bits per heavy atom. The molecule has 3 rings (SSSR count). The second kappa shape index (κ2) is 5.61. The summed E-state index contributed by atoms with van der Waals surface area (Å²) in [5.41, 5.74) is 3.15. The summed E-state index contributed by atoms with van der Waals surface area (Å²) in [5, 5.41) is 12.6.